The van der Waals surface area contributed by atoms with Crippen LogP contribution in [0.5, 0.6) is 5.75 Å². The average molecular weight is 418 g/mol. The highest BCUT2D eigenvalue weighted by molar-refractivity contribution is 5.90. The van der Waals surface area contributed by atoms with Crippen molar-refractivity contribution in [1.29, 1.82) is 0 Å². The highest BCUT2D eigenvalue weighted by Gasteiger charge is 2.17. The zero-order chi connectivity index (χ0) is 22.1. The third-order valence-corrected chi connectivity index (χ3v) is 4.67. The molecule has 1 atom stereocenters. The molecule has 0 aliphatic rings. The van der Waals surface area contributed by atoms with Crippen LogP contribution in [0.15, 0.2) is 72.9 Å². The molecule has 3 aromatic rings. The maximum absolute atomic E-state index is 12.5. The molecular weight excluding hydrogens is 392 g/mol. The Morgan fingerprint density at radius 3 is 2.32 bits per heavy atom. The number of ether oxygens (including phenoxy) is 1. The number of urea groups is 1. The summed E-state index contributed by atoms with van der Waals surface area (Å²) in [7, 11) is 1.61. The minimum atomic E-state index is -0.356. The first-order valence-corrected chi connectivity index (χ1v) is 10.0. The smallest absolute Gasteiger partial charge is 0.315 e. The van der Waals surface area contributed by atoms with Crippen LogP contribution >= 0.6 is 0 Å². The van der Waals surface area contributed by atoms with Gasteiger partial charge < -0.3 is 20.7 Å². The second-order valence-corrected chi connectivity index (χ2v) is 7.04. The lowest BCUT2D eigenvalue weighted by atomic mass is 9.99. The molecule has 0 radical (unpaired) electrons. The van der Waals surface area contributed by atoms with Gasteiger partial charge in [-0.3, -0.25) is 4.79 Å². The molecule has 31 heavy (non-hydrogen) atoms. The number of nitrogens with one attached hydrogen (secondary N) is 3. The highest BCUT2D eigenvalue weighted by Crippen LogP contribution is 2.24. The fraction of sp³-hybridized carbons (Fsp3) is 0.208. The predicted octanol–water partition coefficient (Wildman–Crippen LogP) is 3.82. The lowest BCUT2D eigenvalue weighted by molar-refractivity contribution is -0.116. The molecule has 0 spiro atoms. The molecule has 0 aliphatic heterocycles. The number of nitrogens with zero attached hydrogens (tertiary/aromatic N) is 1. The number of hydrogen-bond donors (Lipinski definition) is 3. The summed E-state index contributed by atoms with van der Waals surface area (Å²) >= 11 is 0. The van der Waals surface area contributed by atoms with Gasteiger partial charge in [0.2, 0.25) is 5.91 Å². The van der Waals surface area contributed by atoms with E-state index in [1.807, 2.05) is 67.6 Å². The average Bonchev–Trinajstić information content (AvgIpc) is 2.80. The van der Waals surface area contributed by atoms with Crippen molar-refractivity contribution in [2.75, 3.05) is 19.0 Å². The van der Waals surface area contributed by atoms with E-state index in [1.165, 1.54) is 0 Å². The fourth-order valence-electron chi connectivity index (χ4n) is 3.02. The molecule has 1 aromatic heterocycles. The normalized spacial score (nSPS) is 11.3. The van der Waals surface area contributed by atoms with E-state index in [-0.39, 0.29) is 30.9 Å². The second-order valence-electron chi connectivity index (χ2n) is 7.04. The summed E-state index contributed by atoms with van der Waals surface area (Å²) in [5, 5.41) is 8.44. The Labute approximate surface area is 181 Å². The number of pyridine rings is 1. The summed E-state index contributed by atoms with van der Waals surface area (Å²) in [6.45, 7) is 2.13. The van der Waals surface area contributed by atoms with Crippen LogP contribution in [0.4, 0.5) is 10.6 Å². The first kappa shape index (κ1) is 21.8. The van der Waals surface area contributed by atoms with Crippen LogP contribution in [-0.2, 0) is 4.79 Å². The lowest BCUT2D eigenvalue weighted by Crippen LogP contribution is -2.39. The monoisotopic (exact) mass is 418 g/mol. The molecule has 3 N–H and O–H groups in total. The Bertz CT molecular complexity index is 990. The van der Waals surface area contributed by atoms with E-state index in [1.54, 1.807) is 19.4 Å². The van der Waals surface area contributed by atoms with Gasteiger partial charge in [0.05, 0.1) is 13.2 Å². The SMILES string of the molecule is COc1ccc(C(NC(=O)NCCC(=O)Nc2ccc(C)cn2)c2ccccc2)cc1. The van der Waals surface area contributed by atoms with Crippen LogP contribution < -0.4 is 20.7 Å². The Balaban J connectivity index is 1.56. The van der Waals surface area contributed by atoms with Crippen molar-refractivity contribution in [2.45, 2.75) is 19.4 Å². The lowest BCUT2D eigenvalue weighted by Gasteiger charge is -2.20. The van der Waals surface area contributed by atoms with Gasteiger partial charge in [-0.2, -0.15) is 0 Å². The van der Waals surface area contributed by atoms with Gasteiger partial charge in [-0.05, 0) is 41.8 Å². The van der Waals surface area contributed by atoms with Crippen LogP contribution in [0.1, 0.15) is 29.2 Å². The molecule has 0 aliphatic carbocycles. The molecule has 7 heteroatoms. The number of anilines is 1. The van der Waals surface area contributed by atoms with Gasteiger partial charge in [0, 0.05) is 19.2 Å². The molecule has 0 saturated heterocycles. The van der Waals surface area contributed by atoms with Crippen LogP contribution in [-0.4, -0.2) is 30.6 Å². The third kappa shape index (κ3) is 6.57. The Morgan fingerprint density at radius 2 is 1.68 bits per heavy atom. The first-order chi connectivity index (χ1) is 15.0. The Morgan fingerprint density at radius 1 is 0.968 bits per heavy atom. The second kappa shape index (κ2) is 10.8. The third-order valence-electron chi connectivity index (χ3n) is 4.67. The van der Waals surface area contributed by atoms with Crippen molar-refractivity contribution >= 4 is 17.8 Å². The summed E-state index contributed by atoms with van der Waals surface area (Å²) in [6.07, 6.45) is 1.83. The van der Waals surface area contributed by atoms with Gasteiger partial charge in [0.25, 0.3) is 0 Å². The van der Waals surface area contributed by atoms with Crippen molar-refractivity contribution < 1.29 is 14.3 Å². The van der Waals surface area contributed by atoms with Gasteiger partial charge >= 0.3 is 6.03 Å². The zero-order valence-corrected chi connectivity index (χ0v) is 17.6. The van der Waals surface area contributed by atoms with E-state index < -0.39 is 0 Å². The maximum Gasteiger partial charge on any atom is 0.315 e. The number of aromatic nitrogens is 1. The molecule has 2 aromatic carbocycles. The first-order valence-electron chi connectivity index (χ1n) is 10.0. The quantitative estimate of drug-likeness (QED) is 0.519. The number of hydrogen-bond acceptors (Lipinski definition) is 4. The van der Waals surface area contributed by atoms with Gasteiger partial charge in [0.1, 0.15) is 11.6 Å². The molecule has 1 unspecified atom stereocenters. The van der Waals surface area contributed by atoms with E-state index in [0.29, 0.717) is 5.82 Å². The molecule has 0 saturated carbocycles. The summed E-state index contributed by atoms with van der Waals surface area (Å²) in [6, 6.07) is 20.2. The summed E-state index contributed by atoms with van der Waals surface area (Å²) in [5.74, 6) is 1.02. The van der Waals surface area contributed by atoms with E-state index in [9.17, 15) is 9.59 Å². The van der Waals surface area contributed by atoms with Crippen molar-refractivity contribution in [3.8, 4) is 5.75 Å². The van der Waals surface area contributed by atoms with E-state index in [2.05, 4.69) is 20.9 Å². The van der Waals surface area contributed by atoms with Crippen molar-refractivity contribution in [3.63, 3.8) is 0 Å². The molecule has 7 nitrogen and oxygen atoms in total. The van der Waals surface area contributed by atoms with Gasteiger partial charge in [-0.25, -0.2) is 9.78 Å². The van der Waals surface area contributed by atoms with Crippen molar-refractivity contribution in [2.24, 2.45) is 0 Å². The molecule has 3 amide bonds. The number of carbonyl (C=O) groups is 2. The molecule has 3 rings (SSSR count). The van der Waals surface area contributed by atoms with E-state index >= 15 is 0 Å². The minimum absolute atomic E-state index is 0.140. The molecular formula is C24H26N4O3. The van der Waals surface area contributed by atoms with Crippen molar-refractivity contribution in [3.05, 3.63) is 89.6 Å². The van der Waals surface area contributed by atoms with Gasteiger partial charge in [0.15, 0.2) is 0 Å². The van der Waals surface area contributed by atoms with E-state index in [0.717, 1.165) is 22.4 Å². The fourth-order valence-corrected chi connectivity index (χ4v) is 3.02. The number of amides is 3. The number of carbonyl (C=O) groups excluding carboxylic acids is 2. The molecule has 0 fully saturated rings. The Kier molecular flexibility index (Phi) is 7.59. The topological polar surface area (TPSA) is 92.4 Å². The number of methoxy groups -OCH3 is 1. The largest absolute Gasteiger partial charge is 0.497 e. The maximum atomic E-state index is 12.5. The van der Waals surface area contributed by atoms with Gasteiger partial charge in [-0.15, -0.1) is 0 Å². The zero-order valence-electron chi connectivity index (χ0n) is 17.6. The minimum Gasteiger partial charge on any atom is -0.497 e. The highest BCUT2D eigenvalue weighted by atomic mass is 16.5. The van der Waals surface area contributed by atoms with Gasteiger partial charge in [-0.1, -0.05) is 48.5 Å². The van der Waals surface area contributed by atoms with Crippen LogP contribution in [0.2, 0.25) is 0 Å². The molecule has 0 bridgehead atoms. The molecule has 160 valence electrons. The van der Waals surface area contributed by atoms with Crippen LogP contribution in [0.25, 0.3) is 0 Å². The summed E-state index contributed by atoms with van der Waals surface area (Å²) < 4.78 is 5.22. The molecule has 1 heterocycles. The van der Waals surface area contributed by atoms with Crippen LogP contribution in [0.3, 0.4) is 0 Å². The number of benzene rings is 2. The number of aryl methyl sites for hydroxylation is 1. The summed E-state index contributed by atoms with van der Waals surface area (Å²) in [5.41, 5.74) is 2.89. The predicted molar refractivity (Wildman–Crippen MR) is 120 cm³/mol. The van der Waals surface area contributed by atoms with Crippen molar-refractivity contribution in [1.82, 2.24) is 15.6 Å². The number of rotatable bonds is 8. The van der Waals surface area contributed by atoms with E-state index in [4.69, 9.17) is 4.74 Å². The van der Waals surface area contributed by atoms with Crippen LogP contribution in [0, 0.1) is 6.92 Å². The standard InChI is InChI=1S/C24H26N4O3/c1-17-8-13-21(26-16-17)27-22(29)14-15-25-24(30)28-23(18-6-4-3-5-7-18)19-9-11-20(31-2)12-10-19/h3-13,16,23H,14-15H2,1-2H3,(H2,25,28,30)(H,26,27,29). The summed E-state index contributed by atoms with van der Waals surface area (Å²) in [4.78, 5) is 28.7. The Hall–Kier alpha value is -3.87.